The quantitative estimate of drug-likeness (QED) is 0.347. The van der Waals surface area contributed by atoms with E-state index >= 15 is 0 Å². The van der Waals surface area contributed by atoms with Gasteiger partial charge in [0.1, 0.15) is 0 Å². The maximum atomic E-state index is 11.7. The largest absolute Gasteiger partial charge is 0.273 e. The number of benzene rings is 1. The number of rotatable bonds is 11. The van der Waals surface area contributed by atoms with E-state index in [2.05, 4.69) is 36.5 Å². The van der Waals surface area contributed by atoms with Gasteiger partial charge in [0, 0.05) is 18.6 Å². The minimum absolute atomic E-state index is 0.0186. The molecule has 0 aromatic heterocycles. The van der Waals surface area contributed by atoms with Crippen molar-refractivity contribution in [2.45, 2.75) is 71.1 Å². The number of hydrazone groups is 1. The monoisotopic (exact) mass is 302 g/mol. The lowest BCUT2D eigenvalue weighted by molar-refractivity contribution is -0.121. The van der Waals surface area contributed by atoms with Gasteiger partial charge in [-0.05, 0) is 12.0 Å². The molecule has 0 saturated carbocycles. The zero-order chi connectivity index (χ0) is 16.0. The Hall–Kier alpha value is -1.64. The van der Waals surface area contributed by atoms with Gasteiger partial charge in [0.15, 0.2) is 0 Å². The van der Waals surface area contributed by atoms with Crippen LogP contribution in [0.4, 0.5) is 0 Å². The molecule has 1 aromatic carbocycles. The minimum atomic E-state index is 0.0186. The third kappa shape index (κ3) is 8.60. The van der Waals surface area contributed by atoms with Crippen LogP contribution >= 0.6 is 0 Å². The molecule has 1 N–H and O–H groups in total. The molecular weight excluding hydrogens is 272 g/mol. The molecule has 0 saturated heterocycles. The van der Waals surface area contributed by atoms with Crippen LogP contribution in [0.3, 0.4) is 0 Å². The van der Waals surface area contributed by atoms with E-state index in [1.54, 1.807) is 6.21 Å². The molecule has 1 atom stereocenters. The summed E-state index contributed by atoms with van der Waals surface area (Å²) in [6.07, 6.45) is 10.9. The van der Waals surface area contributed by atoms with Crippen molar-refractivity contribution in [1.29, 1.82) is 0 Å². The molecule has 1 unspecified atom stereocenters. The molecule has 1 rings (SSSR count). The number of hydrogen-bond donors (Lipinski definition) is 1. The summed E-state index contributed by atoms with van der Waals surface area (Å²) in [4.78, 5) is 11.7. The fraction of sp³-hybridized carbons (Fsp3) is 0.579. The highest BCUT2D eigenvalue weighted by Crippen LogP contribution is 2.11. The number of carbonyl (C=O) groups excluding carboxylic acids is 1. The average Bonchev–Trinajstić information content (AvgIpc) is 2.54. The standard InChI is InChI=1S/C19H30N2O/c1-3-4-5-6-7-8-12-15-19(22)21-20-16-17(2)18-13-10-9-11-14-18/h9-11,13-14,16-17H,3-8,12,15H2,1-2H3,(H,21,22)/b20-16+. The van der Waals surface area contributed by atoms with Crippen LogP contribution in [-0.4, -0.2) is 12.1 Å². The van der Waals surface area contributed by atoms with Crippen molar-refractivity contribution in [3.05, 3.63) is 35.9 Å². The maximum absolute atomic E-state index is 11.7. The first-order chi connectivity index (χ1) is 10.7. The van der Waals surface area contributed by atoms with E-state index in [0.29, 0.717) is 6.42 Å². The van der Waals surface area contributed by atoms with E-state index in [4.69, 9.17) is 0 Å². The maximum Gasteiger partial charge on any atom is 0.240 e. The Morgan fingerprint density at radius 1 is 1.09 bits per heavy atom. The van der Waals surface area contributed by atoms with E-state index in [1.165, 1.54) is 37.7 Å². The van der Waals surface area contributed by atoms with E-state index in [1.807, 2.05) is 18.2 Å². The Morgan fingerprint density at radius 3 is 2.41 bits per heavy atom. The Labute approximate surface area is 135 Å². The van der Waals surface area contributed by atoms with E-state index in [9.17, 15) is 4.79 Å². The van der Waals surface area contributed by atoms with Crippen molar-refractivity contribution in [2.24, 2.45) is 5.10 Å². The molecule has 0 bridgehead atoms. The summed E-state index contributed by atoms with van der Waals surface area (Å²) in [5.74, 6) is 0.227. The number of nitrogens with one attached hydrogen (secondary N) is 1. The third-order valence-corrected chi connectivity index (χ3v) is 3.82. The summed E-state index contributed by atoms with van der Waals surface area (Å²) in [5.41, 5.74) is 3.83. The van der Waals surface area contributed by atoms with Crippen molar-refractivity contribution in [1.82, 2.24) is 5.43 Å². The van der Waals surface area contributed by atoms with Crippen LogP contribution in [-0.2, 0) is 4.79 Å². The first-order valence-corrected chi connectivity index (χ1v) is 8.61. The van der Waals surface area contributed by atoms with Crippen LogP contribution < -0.4 is 5.43 Å². The minimum Gasteiger partial charge on any atom is -0.273 e. The van der Waals surface area contributed by atoms with Crippen molar-refractivity contribution in [3.8, 4) is 0 Å². The zero-order valence-corrected chi connectivity index (χ0v) is 14.1. The molecular formula is C19H30N2O. The molecule has 0 radical (unpaired) electrons. The molecule has 1 amide bonds. The van der Waals surface area contributed by atoms with Gasteiger partial charge in [-0.1, -0.05) is 82.7 Å². The molecule has 22 heavy (non-hydrogen) atoms. The molecule has 0 aliphatic carbocycles. The van der Waals surface area contributed by atoms with E-state index < -0.39 is 0 Å². The molecule has 122 valence electrons. The number of amides is 1. The van der Waals surface area contributed by atoms with Crippen molar-refractivity contribution in [2.75, 3.05) is 0 Å². The molecule has 0 aliphatic heterocycles. The molecule has 0 spiro atoms. The van der Waals surface area contributed by atoms with E-state index in [-0.39, 0.29) is 11.8 Å². The Kier molecular flexibility index (Phi) is 10.0. The lowest BCUT2D eigenvalue weighted by atomic mass is 10.0. The van der Waals surface area contributed by atoms with Gasteiger partial charge in [-0.15, -0.1) is 0 Å². The lowest BCUT2D eigenvalue weighted by Gasteiger charge is -2.05. The van der Waals surface area contributed by atoms with Gasteiger partial charge in [0.25, 0.3) is 0 Å². The van der Waals surface area contributed by atoms with Crippen molar-refractivity contribution >= 4 is 12.1 Å². The van der Waals surface area contributed by atoms with Gasteiger partial charge in [0.2, 0.25) is 5.91 Å². The summed E-state index contributed by atoms with van der Waals surface area (Å²) >= 11 is 0. The topological polar surface area (TPSA) is 41.5 Å². The Bertz CT molecular complexity index is 428. The summed E-state index contributed by atoms with van der Waals surface area (Å²) in [7, 11) is 0. The summed E-state index contributed by atoms with van der Waals surface area (Å²) < 4.78 is 0. The van der Waals surface area contributed by atoms with Crippen LogP contribution in [0.15, 0.2) is 35.4 Å². The number of unbranched alkanes of at least 4 members (excludes halogenated alkanes) is 6. The van der Waals surface area contributed by atoms with Crippen molar-refractivity contribution < 1.29 is 4.79 Å². The highest BCUT2D eigenvalue weighted by Gasteiger charge is 2.02. The molecule has 3 nitrogen and oxygen atoms in total. The predicted molar refractivity (Wildman–Crippen MR) is 94.1 cm³/mol. The number of hydrogen-bond acceptors (Lipinski definition) is 2. The van der Waals surface area contributed by atoms with Gasteiger partial charge in [-0.25, -0.2) is 5.43 Å². The van der Waals surface area contributed by atoms with Gasteiger partial charge in [0.05, 0.1) is 0 Å². The molecule has 1 aromatic rings. The zero-order valence-electron chi connectivity index (χ0n) is 14.1. The first-order valence-electron chi connectivity index (χ1n) is 8.61. The Morgan fingerprint density at radius 2 is 1.73 bits per heavy atom. The number of nitrogens with zero attached hydrogens (tertiary/aromatic N) is 1. The average molecular weight is 302 g/mol. The second-order valence-corrected chi connectivity index (χ2v) is 5.88. The summed E-state index contributed by atoms with van der Waals surface area (Å²) in [5, 5.41) is 4.06. The van der Waals surface area contributed by atoms with E-state index in [0.717, 1.165) is 12.8 Å². The molecule has 3 heteroatoms. The van der Waals surface area contributed by atoms with Gasteiger partial charge < -0.3 is 0 Å². The molecule has 0 heterocycles. The van der Waals surface area contributed by atoms with Gasteiger partial charge in [-0.2, -0.15) is 5.10 Å². The van der Waals surface area contributed by atoms with Crippen LogP contribution in [0.25, 0.3) is 0 Å². The van der Waals surface area contributed by atoms with Crippen LogP contribution in [0.5, 0.6) is 0 Å². The summed E-state index contributed by atoms with van der Waals surface area (Å²) in [6.45, 7) is 4.30. The third-order valence-electron chi connectivity index (χ3n) is 3.82. The predicted octanol–water partition coefficient (Wildman–Crippen LogP) is 5.03. The smallest absolute Gasteiger partial charge is 0.240 e. The second kappa shape index (κ2) is 12.0. The summed E-state index contributed by atoms with van der Waals surface area (Å²) in [6, 6.07) is 10.2. The van der Waals surface area contributed by atoms with Gasteiger partial charge in [-0.3, -0.25) is 4.79 Å². The fourth-order valence-corrected chi connectivity index (χ4v) is 2.36. The highest BCUT2D eigenvalue weighted by atomic mass is 16.2. The highest BCUT2D eigenvalue weighted by molar-refractivity contribution is 5.77. The number of carbonyl (C=O) groups is 1. The van der Waals surface area contributed by atoms with Gasteiger partial charge >= 0.3 is 0 Å². The lowest BCUT2D eigenvalue weighted by Crippen LogP contribution is -2.17. The SMILES string of the molecule is CCCCCCCCCC(=O)N/N=C/C(C)c1ccccc1. The second-order valence-electron chi connectivity index (χ2n) is 5.88. The first kappa shape index (κ1) is 18.4. The van der Waals surface area contributed by atoms with Crippen molar-refractivity contribution in [3.63, 3.8) is 0 Å². The van der Waals surface area contributed by atoms with Crippen LogP contribution in [0, 0.1) is 0 Å². The Balaban J connectivity index is 2.09. The molecule has 0 fully saturated rings. The molecule has 0 aliphatic rings. The van der Waals surface area contributed by atoms with Crippen LogP contribution in [0.1, 0.15) is 76.7 Å². The van der Waals surface area contributed by atoms with Crippen LogP contribution in [0.2, 0.25) is 0 Å². The normalized spacial score (nSPS) is 12.5. The fourth-order valence-electron chi connectivity index (χ4n) is 2.36.